The van der Waals surface area contributed by atoms with E-state index in [-0.39, 0.29) is 16.6 Å². The van der Waals surface area contributed by atoms with E-state index in [9.17, 15) is 13.7 Å². The van der Waals surface area contributed by atoms with E-state index in [0.29, 0.717) is 24.4 Å². The van der Waals surface area contributed by atoms with Crippen LogP contribution in [0.2, 0.25) is 0 Å². The van der Waals surface area contributed by atoms with Crippen LogP contribution in [-0.4, -0.2) is 44.1 Å². The zero-order chi connectivity index (χ0) is 19.0. The number of nitrogens with one attached hydrogen (secondary N) is 1. The van der Waals surface area contributed by atoms with E-state index in [2.05, 4.69) is 21.6 Å². The molecule has 1 N–H and O–H groups in total. The monoisotopic (exact) mass is 380 g/mol. The van der Waals surface area contributed by atoms with Gasteiger partial charge in [0.05, 0.1) is 35.4 Å². The summed E-state index contributed by atoms with van der Waals surface area (Å²) in [4.78, 5) is 0.277. The number of aromatic nitrogens is 2. The summed E-state index contributed by atoms with van der Waals surface area (Å²) in [6.07, 6.45) is 1.18. The second-order valence-electron chi connectivity index (χ2n) is 6.44. The van der Waals surface area contributed by atoms with Gasteiger partial charge in [-0.25, -0.2) is 8.42 Å². The average molecular weight is 380 g/mol. The number of nitrogens with zero attached hydrogens (tertiary/aromatic N) is 3. The Morgan fingerprint density at radius 3 is 2.41 bits per heavy atom. The Hall–Kier alpha value is -3.02. The van der Waals surface area contributed by atoms with Gasteiger partial charge in [0.1, 0.15) is 6.07 Å². The van der Waals surface area contributed by atoms with Crippen LogP contribution in [0.25, 0.3) is 22.0 Å². The predicted octanol–water partition coefficient (Wildman–Crippen LogP) is 2.38. The van der Waals surface area contributed by atoms with Crippen LogP contribution in [0, 0.1) is 11.3 Å². The van der Waals surface area contributed by atoms with Crippen LogP contribution in [0.5, 0.6) is 0 Å². The van der Waals surface area contributed by atoms with Crippen LogP contribution < -0.4 is 5.32 Å². The molecular weight excluding hydrogens is 364 g/mol. The summed E-state index contributed by atoms with van der Waals surface area (Å²) in [6, 6.07) is 14.6. The van der Waals surface area contributed by atoms with E-state index in [1.807, 2.05) is 18.2 Å². The van der Waals surface area contributed by atoms with Crippen molar-refractivity contribution >= 4 is 26.4 Å². The molecule has 0 radical (unpaired) electrons. The lowest BCUT2D eigenvalue weighted by Gasteiger charge is -2.28. The van der Waals surface area contributed by atoms with Crippen molar-refractivity contribution in [3.05, 3.63) is 48.2 Å². The molecule has 136 valence electrons. The Bertz CT molecular complexity index is 1160. The quantitative estimate of drug-likeness (QED) is 0.741. The number of sulfone groups is 1. The number of nitriles is 1. The molecular formula is C19H16N4O3S. The molecule has 0 aliphatic carbocycles. The number of hydrogen-bond acceptors (Lipinski definition) is 7. The molecule has 1 fully saturated rings. The van der Waals surface area contributed by atoms with Gasteiger partial charge >= 0.3 is 0 Å². The van der Waals surface area contributed by atoms with Gasteiger partial charge in [0.25, 0.3) is 0 Å². The van der Waals surface area contributed by atoms with Crippen LogP contribution in [-0.2, 0) is 14.6 Å². The highest BCUT2D eigenvalue weighted by Crippen LogP contribution is 2.30. The fourth-order valence-corrected chi connectivity index (χ4v) is 3.56. The van der Waals surface area contributed by atoms with E-state index < -0.39 is 9.84 Å². The minimum absolute atomic E-state index is 0.160. The molecule has 0 amide bonds. The Labute approximate surface area is 156 Å². The normalized spacial score (nSPS) is 14.5. The first-order chi connectivity index (χ1) is 13.0. The minimum atomic E-state index is -3.23. The van der Waals surface area contributed by atoms with Gasteiger partial charge in [-0.3, -0.25) is 0 Å². The molecule has 0 unspecified atom stereocenters. The van der Waals surface area contributed by atoms with Crippen molar-refractivity contribution in [2.75, 3.05) is 24.8 Å². The maximum Gasteiger partial charge on any atom is 0.186 e. The van der Waals surface area contributed by atoms with Crippen molar-refractivity contribution in [3.8, 4) is 17.2 Å². The Morgan fingerprint density at radius 2 is 1.81 bits per heavy atom. The first-order valence-electron chi connectivity index (χ1n) is 8.31. The smallest absolute Gasteiger partial charge is 0.186 e. The van der Waals surface area contributed by atoms with Gasteiger partial charge in [-0.1, -0.05) is 18.2 Å². The van der Waals surface area contributed by atoms with Gasteiger partial charge in [0.2, 0.25) is 0 Å². The molecule has 2 aromatic carbocycles. The van der Waals surface area contributed by atoms with Crippen molar-refractivity contribution < 1.29 is 13.2 Å². The minimum Gasteiger partial charge on any atom is -0.377 e. The number of fused-ring (bicyclic) bond motifs is 1. The van der Waals surface area contributed by atoms with Crippen LogP contribution >= 0.6 is 0 Å². The summed E-state index contributed by atoms with van der Waals surface area (Å²) < 4.78 is 28.4. The fraction of sp³-hybridized carbons (Fsp3) is 0.211. The highest BCUT2D eigenvalue weighted by Gasteiger charge is 2.21. The van der Waals surface area contributed by atoms with Gasteiger partial charge in [-0.15, -0.1) is 10.2 Å². The largest absolute Gasteiger partial charge is 0.377 e. The fourth-order valence-electron chi connectivity index (χ4n) is 2.93. The molecule has 0 bridgehead atoms. The third kappa shape index (κ3) is 3.35. The van der Waals surface area contributed by atoms with Crippen LogP contribution in [0.3, 0.4) is 0 Å². The highest BCUT2D eigenvalue weighted by molar-refractivity contribution is 7.90. The van der Waals surface area contributed by atoms with Gasteiger partial charge < -0.3 is 10.1 Å². The van der Waals surface area contributed by atoms with Crippen molar-refractivity contribution in [2.24, 2.45) is 0 Å². The molecule has 0 spiro atoms. The maximum absolute atomic E-state index is 11.6. The molecule has 0 atom stereocenters. The van der Waals surface area contributed by atoms with Gasteiger partial charge in [0, 0.05) is 11.6 Å². The Morgan fingerprint density at radius 1 is 1.11 bits per heavy atom. The van der Waals surface area contributed by atoms with E-state index >= 15 is 0 Å². The van der Waals surface area contributed by atoms with E-state index in [1.54, 1.807) is 24.3 Å². The van der Waals surface area contributed by atoms with Gasteiger partial charge in [-0.05, 0) is 35.4 Å². The van der Waals surface area contributed by atoms with E-state index in [1.165, 1.54) is 6.26 Å². The number of hydrogen-bond donors (Lipinski definition) is 1. The summed E-state index contributed by atoms with van der Waals surface area (Å²) in [5, 5.41) is 21.6. The summed E-state index contributed by atoms with van der Waals surface area (Å²) in [5.41, 5.74) is 3.33. The molecule has 1 saturated heterocycles. The van der Waals surface area contributed by atoms with Crippen molar-refractivity contribution in [1.29, 1.82) is 5.26 Å². The molecule has 7 nitrogen and oxygen atoms in total. The topological polar surface area (TPSA) is 105 Å². The van der Waals surface area contributed by atoms with Crippen molar-refractivity contribution in [3.63, 3.8) is 0 Å². The number of ether oxygens (including phenoxy) is 1. The zero-order valence-electron chi connectivity index (χ0n) is 14.5. The van der Waals surface area contributed by atoms with Crippen LogP contribution in [0.15, 0.2) is 47.4 Å². The zero-order valence-corrected chi connectivity index (χ0v) is 15.3. The molecule has 8 heteroatoms. The second-order valence-corrected chi connectivity index (χ2v) is 8.46. The molecule has 4 rings (SSSR count). The van der Waals surface area contributed by atoms with Crippen LogP contribution in [0.1, 0.15) is 5.69 Å². The van der Waals surface area contributed by atoms with Gasteiger partial charge in [-0.2, -0.15) is 5.26 Å². The first kappa shape index (κ1) is 17.4. The lowest BCUT2D eigenvalue weighted by Crippen LogP contribution is -2.40. The molecule has 0 saturated carbocycles. The number of rotatable bonds is 4. The Kier molecular flexibility index (Phi) is 4.26. The van der Waals surface area contributed by atoms with Crippen molar-refractivity contribution in [1.82, 2.24) is 10.2 Å². The average Bonchev–Trinajstić information content (AvgIpc) is 2.63. The first-order valence-corrected chi connectivity index (χ1v) is 10.2. The molecule has 3 aromatic rings. The lowest BCUT2D eigenvalue weighted by molar-refractivity contribution is 0.0211. The molecule has 1 aliphatic rings. The number of anilines is 1. The van der Waals surface area contributed by atoms with E-state index in [0.717, 1.165) is 16.5 Å². The summed E-state index contributed by atoms with van der Waals surface area (Å²) >= 11 is 0. The van der Waals surface area contributed by atoms with Crippen LogP contribution in [0.4, 0.5) is 5.69 Å². The maximum atomic E-state index is 11.6. The second kappa shape index (κ2) is 6.61. The summed E-state index contributed by atoms with van der Waals surface area (Å²) in [6.45, 7) is 1.19. The summed E-state index contributed by atoms with van der Waals surface area (Å²) in [5.74, 6) is 0. The molecule has 1 aliphatic heterocycles. The number of benzene rings is 2. The highest BCUT2D eigenvalue weighted by atomic mass is 32.2. The third-order valence-corrected chi connectivity index (χ3v) is 5.60. The molecule has 1 aromatic heterocycles. The standard InChI is InChI=1S/C19H16N4O3S/c1-27(24,25)15-5-2-12(3-6-15)13-4-7-16-17(8-13)22-23-18(9-20)19(16)21-14-10-26-11-14/h2-8,14H,10-11H2,1H3,(H,21,22). The van der Waals surface area contributed by atoms with Crippen molar-refractivity contribution in [2.45, 2.75) is 10.9 Å². The van der Waals surface area contributed by atoms with E-state index in [4.69, 9.17) is 4.74 Å². The third-order valence-electron chi connectivity index (χ3n) is 4.47. The van der Waals surface area contributed by atoms with Gasteiger partial charge in [0.15, 0.2) is 15.5 Å². The summed E-state index contributed by atoms with van der Waals surface area (Å²) in [7, 11) is -3.23. The lowest BCUT2D eigenvalue weighted by atomic mass is 10.0. The SMILES string of the molecule is CS(=O)(=O)c1ccc(-c2ccc3c(NC4COC4)c(C#N)nnc3c2)cc1. The Balaban J connectivity index is 1.75. The molecule has 2 heterocycles. The molecule has 27 heavy (non-hydrogen) atoms. The predicted molar refractivity (Wildman–Crippen MR) is 101 cm³/mol.